The van der Waals surface area contributed by atoms with Crippen LogP contribution in [-0.4, -0.2) is 17.3 Å². The Morgan fingerprint density at radius 2 is 1.59 bits per heavy atom. The van der Waals surface area contributed by atoms with E-state index in [9.17, 15) is 0 Å². The van der Waals surface area contributed by atoms with E-state index in [1.165, 1.54) is 81.4 Å². The van der Waals surface area contributed by atoms with Gasteiger partial charge in [0.1, 0.15) is 0 Å². The number of rotatable bonds is 10. The van der Waals surface area contributed by atoms with Crippen molar-refractivity contribution in [3.63, 3.8) is 0 Å². The average molecular weight is 255 g/mol. The normalized spacial score (nSPS) is 15.9. The van der Waals surface area contributed by atoms with E-state index in [1.807, 2.05) is 11.8 Å². The first-order valence-corrected chi connectivity index (χ1v) is 8.58. The van der Waals surface area contributed by atoms with Gasteiger partial charge < -0.3 is 0 Å². The average Bonchev–Trinajstić information content (AvgIpc) is 2.38. The molecule has 1 aliphatic rings. The van der Waals surface area contributed by atoms with Crippen molar-refractivity contribution in [2.75, 3.05) is 12.3 Å². The summed E-state index contributed by atoms with van der Waals surface area (Å²) in [6, 6.07) is 0. The van der Waals surface area contributed by atoms with Gasteiger partial charge in [0.15, 0.2) is 0 Å². The summed E-state index contributed by atoms with van der Waals surface area (Å²) in [5.74, 6) is 1.30. The van der Waals surface area contributed by atoms with Gasteiger partial charge in [0.05, 0.1) is 5.04 Å². The Labute approximate surface area is 112 Å². The zero-order chi connectivity index (χ0) is 12.2. The monoisotopic (exact) mass is 255 g/mol. The Balaban J connectivity index is 1.79. The lowest BCUT2D eigenvalue weighted by Crippen LogP contribution is -2.03. The van der Waals surface area contributed by atoms with Crippen LogP contribution in [0.5, 0.6) is 0 Å². The van der Waals surface area contributed by atoms with Crippen molar-refractivity contribution < 1.29 is 0 Å². The Bertz CT molecular complexity index is 201. The van der Waals surface area contributed by atoms with E-state index in [0.717, 1.165) is 6.54 Å². The molecule has 0 bridgehead atoms. The molecular formula is C15H29NS. The maximum Gasteiger partial charge on any atom is 0.0675 e. The number of thioether (sulfide) groups is 1. The second-order valence-corrected chi connectivity index (χ2v) is 6.22. The molecule has 100 valence electrons. The molecule has 1 heterocycles. The van der Waals surface area contributed by atoms with Crippen molar-refractivity contribution >= 4 is 16.8 Å². The molecule has 0 saturated carbocycles. The van der Waals surface area contributed by atoms with Gasteiger partial charge in [0.2, 0.25) is 0 Å². The van der Waals surface area contributed by atoms with Crippen molar-refractivity contribution in [1.82, 2.24) is 0 Å². The molecule has 0 fully saturated rings. The van der Waals surface area contributed by atoms with Crippen LogP contribution in [0.1, 0.15) is 77.6 Å². The predicted octanol–water partition coefficient (Wildman–Crippen LogP) is 5.44. The molecule has 1 rings (SSSR count). The molecule has 0 aromatic carbocycles. The summed E-state index contributed by atoms with van der Waals surface area (Å²) in [5.41, 5.74) is 0. The molecule has 1 aliphatic heterocycles. The summed E-state index contributed by atoms with van der Waals surface area (Å²) >= 11 is 1.99. The second kappa shape index (κ2) is 11.1. The molecule has 0 unspecified atom stereocenters. The van der Waals surface area contributed by atoms with Crippen LogP contribution in [0.2, 0.25) is 0 Å². The molecule has 0 saturated heterocycles. The fourth-order valence-electron chi connectivity index (χ4n) is 2.24. The van der Waals surface area contributed by atoms with Crippen molar-refractivity contribution in [3.8, 4) is 0 Å². The number of aliphatic imine (C=N–C) groups is 1. The van der Waals surface area contributed by atoms with Gasteiger partial charge in [-0.05, 0) is 19.3 Å². The Kier molecular flexibility index (Phi) is 9.87. The molecule has 2 heteroatoms. The van der Waals surface area contributed by atoms with Crippen molar-refractivity contribution in [3.05, 3.63) is 0 Å². The van der Waals surface area contributed by atoms with E-state index in [2.05, 4.69) is 11.9 Å². The molecule has 0 spiro atoms. The van der Waals surface area contributed by atoms with E-state index in [0.29, 0.717) is 0 Å². The van der Waals surface area contributed by atoms with Crippen LogP contribution in [-0.2, 0) is 0 Å². The second-order valence-electron chi connectivity index (χ2n) is 5.06. The summed E-state index contributed by atoms with van der Waals surface area (Å²) in [5, 5.41) is 1.43. The van der Waals surface area contributed by atoms with Gasteiger partial charge >= 0.3 is 0 Å². The maximum atomic E-state index is 4.58. The van der Waals surface area contributed by atoms with Crippen LogP contribution in [0, 0.1) is 0 Å². The first kappa shape index (κ1) is 15.1. The minimum atomic E-state index is 1.08. The third kappa shape index (κ3) is 8.70. The lowest BCUT2D eigenvalue weighted by Gasteiger charge is -2.10. The van der Waals surface area contributed by atoms with Gasteiger partial charge in [-0.2, -0.15) is 0 Å². The minimum Gasteiger partial charge on any atom is -0.283 e. The summed E-state index contributed by atoms with van der Waals surface area (Å²) in [6.45, 7) is 3.37. The van der Waals surface area contributed by atoms with Gasteiger partial charge in [-0.25, -0.2) is 0 Å². The highest BCUT2D eigenvalue weighted by atomic mass is 32.2. The zero-order valence-corrected chi connectivity index (χ0v) is 12.4. The smallest absolute Gasteiger partial charge is 0.0675 e. The van der Waals surface area contributed by atoms with E-state index in [1.54, 1.807) is 0 Å². The summed E-state index contributed by atoms with van der Waals surface area (Å²) in [4.78, 5) is 4.58. The third-order valence-corrected chi connectivity index (χ3v) is 4.51. The molecule has 1 nitrogen and oxygen atoms in total. The van der Waals surface area contributed by atoms with Crippen molar-refractivity contribution in [1.29, 1.82) is 0 Å². The first-order valence-electron chi connectivity index (χ1n) is 7.59. The highest BCUT2D eigenvalue weighted by Crippen LogP contribution is 2.18. The Hall–Kier alpha value is 0.0200. The quantitative estimate of drug-likeness (QED) is 0.473. The highest BCUT2D eigenvalue weighted by molar-refractivity contribution is 8.13. The minimum absolute atomic E-state index is 1.08. The van der Waals surface area contributed by atoms with Gasteiger partial charge in [0, 0.05) is 12.3 Å². The standard InChI is InChI=1S/C15H29NS/c1-2-3-4-5-6-7-8-9-10-12-15-16-13-11-14-17-15/h2-14H2,1H3. The SMILES string of the molecule is CCCCCCCCCCCC1=NCCCS1. The van der Waals surface area contributed by atoms with Crippen LogP contribution < -0.4 is 0 Å². The fraction of sp³-hybridized carbons (Fsp3) is 0.933. The van der Waals surface area contributed by atoms with Crippen LogP contribution in [0.3, 0.4) is 0 Å². The van der Waals surface area contributed by atoms with Gasteiger partial charge in [-0.3, -0.25) is 4.99 Å². The molecule has 0 aromatic rings. The van der Waals surface area contributed by atoms with Gasteiger partial charge in [-0.1, -0.05) is 58.3 Å². The maximum absolute atomic E-state index is 4.58. The van der Waals surface area contributed by atoms with Gasteiger partial charge in [-0.15, -0.1) is 11.8 Å². The number of hydrogen-bond acceptors (Lipinski definition) is 2. The molecule has 0 atom stereocenters. The number of unbranched alkanes of at least 4 members (excludes halogenated alkanes) is 8. The van der Waals surface area contributed by atoms with Crippen molar-refractivity contribution in [2.45, 2.75) is 77.6 Å². The number of hydrogen-bond donors (Lipinski definition) is 0. The zero-order valence-electron chi connectivity index (χ0n) is 11.5. The lowest BCUT2D eigenvalue weighted by atomic mass is 10.1. The van der Waals surface area contributed by atoms with Crippen LogP contribution in [0.4, 0.5) is 0 Å². The summed E-state index contributed by atoms with van der Waals surface area (Å²) < 4.78 is 0. The van der Waals surface area contributed by atoms with E-state index < -0.39 is 0 Å². The molecule has 0 radical (unpaired) electrons. The van der Waals surface area contributed by atoms with Crippen LogP contribution >= 0.6 is 11.8 Å². The van der Waals surface area contributed by atoms with Crippen molar-refractivity contribution in [2.24, 2.45) is 4.99 Å². The Morgan fingerprint density at radius 1 is 0.941 bits per heavy atom. The molecule has 0 N–H and O–H groups in total. The molecule has 17 heavy (non-hydrogen) atoms. The molecule has 0 aliphatic carbocycles. The van der Waals surface area contributed by atoms with E-state index in [-0.39, 0.29) is 0 Å². The largest absolute Gasteiger partial charge is 0.283 e. The fourth-order valence-corrected chi connectivity index (χ4v) is 3.22. The molecular weight excluding hydrogens is 226 g/mol. The van der Waals surface area contributed by atoms with E-state index in [4.69, 9.17) is 0 Å². The molecule has 0 amide bonds. The first-order chi connectivity index (χ1) is 8.43. The summed E-state index contributed by atoms with van der Waals surface area (Å²) in [6.07, 6.45) is 15.3. The molecule has 0 aromatic heterocycles. The summed E-state index contributed by atoms with van der Waals surface area (Å²) in [7, 11) is 0. The van der Waals surface area contributed by atoms with Gasteiger partial charge in [0.25, 0.3) is 0 Å². The topological polar surface area (TPSA) is 12.4 Å². The Morgan fingerprint density at radius 3 is 2.18 bits per heavy atom. The van der Waals surface area contributed by atoms with E-state index >= 15 is 0 Å². The predicted molar refractivity (Wildman–Crippen MR) is 81.2 cm³/mol. The third-order valence-electron chi connectivity index (χ3n) is 3.35. The highest BCUT2D eigenvalue weighted by Gasteiger charge is 2.04. The van der Waals surface area contributed by atoms with Crippen LogP contribution in [0.25, 0.3) is 0 Å². The van der Waals surface area contributed by atoms with Crippen LogP contribution in [0.15, 0.2) is 4.99 Å². The lowest BCUT2D eigenvalue weighted by molar-refractivity contribution is 0.568. The number of nitrogens with zero attached hydrogens (tertiary/aromatic N) is 1.